The van der Waals surface area contributed by atoms with Crippen LogP contribution in [0, 0.1) is 11.7 Å². The van der Waals surface area contributed by atoms with Crippen molar-refractivity contribution in [3.8, 4) is 0 Å². The Balaban J connectivity index is 1.94. The molecule has 0 saturated carbocycles. The average Bonchev–Trinajstić information content (AvgIpc) is 3.10. The molecule has 6 nitrogen and oxygen atoms in total. The number of nitrogens with zero attached hydrogens (tertiary/aromatic N) is 2. The van der Waals surface area contributed by atoms with Crippen LogP contribution in [0.3, 0.4) is 0 Å². The molecule has 1 aromatic heterocycles. The van der Waals surface area contributed by atoms with Crippen LogP contribution >= 0.6 is 0 Å². The number of likely N-dealkylation sites (tertiary alicyclic amines) is 1. The SMILES string of the molecule is CCOC(=O)c1cnc2ccc(F)cc2c1NC1CCN(C(=O)C(C)C)C1. The van der Waals surface area contributed by atoms with E-state index in [1.54, 1.807) is 13.0 Å². The quantitative estimate of drug-likeness (QED) is 0.815. The molecule has 144 valence electrons. The Bertz CT molecular complexity index is 869. The Hall–Kier alpha value is -2.70. The fourth-order valence-electron chi connectivity index (χ4n) is 3.33. The van der Waals surface area contributed by atoms with Crippen molar-refractivity contribution in [3.63, 3.8) is 0 Å². The second kappa shape index (κ2) is 7.90. The number of amides is 1. The van der Waals surface area contributed by atoms with Gasteiger partial charge in [-0.1, -0.05) is 13.8 Å². The van der Waals surface area contributed by atoms with E-state index in [2.05, 4.69) is 10.3 Å². The predicted octanol–water partition coefficient (Wildman–Crippen LogP) is 3.22. The van der Waals surface area contributed by atoms with E-state index in [0.717, 1.165) is 6.42 Å². The molecular formula is C20H24FN3O3. The van der Waals surface area contributed by atoms with Gasteiger partial charge in [-0.3, -0.25) is 9.78 Å². The summed E-state index contributed by atoms with van der Waals surface area (Å²) in [5, 5.41) is 3.86. The van der Waals surface area contributed by atoms with E-state index in [-0.39, 0.29) is 30.0 Å². The number of rotatable bonds is 5. The molecular weight excluding hydrogens is 349 g/mol. The first-order valence-electron chi connectivity index (χ1n) is 9.21. The van der Waals surface area contributed by atoms with Gasteiger partial charge in [0.1, 0.15) is 11.4 Å². The van der Waals surface area contributed by atoms with Crippen molar-refractivity contribution in [2.24, 2.45) is 5.92 Å². The highest BCUT2D eigenvalue weighted by molar-refractivity contribution is 6.05. The second-order valence-corrected chi connectivity index (χ2v) is 7.00. The third kappa shape index (κ3) is 4.02. The maximum atomic E-state index is 13.8. The van der Waals surface area contributed by atoms with Crippen LogP contribution in [0.4, 0.5) is 10.1 Å². The number of nitrogens with one attached hydrogen (secondary N) is 1. The van der Waals surface area contributed by atoms with Gasteiger partial charge in [-0.2, -0.15) is 0 Å². The van der Waals surface area contributed by atoms with E-state index in [4.69, 9.17) is 4.74 Å². The monoisotopic (exact) mass is 373 g/mol. The lowest BCUT2D eigenvalue weighted by Crippen LogP contribution is -2.34. The Morgan fingerprint density at radius 2 is 2.19 bits per heavy atom. The molecule has 1 fully saturated rings. The molecule has 3 rings (SSSR count). The number of anilines is 1. The average molecular weight is 373 g/mol. The number of carbonyl (C=O) groups is 2. The molecule has 1 atom stereocenters. The molecule has 0 bridgehead atoms. The van der Waals surface area contributed by atoms with Crippen molar-refractivity contribution in [3.05, 3.63) is 35.8 Å². The molecule has 1 aliphatic rings. The van der Waals surface area contributed by atoms with Crippen LogP contribution in [0.25, 0.3) is 10.9 Å². The third-order valence-corrected chi connectivity index (χ3v) is 4.67. The zero-order valence-corrected chi connectivity index (χ0v) is 15.8. The van der Waals surface area contributed by atoms with Crippen LogP contribution in [0.1, 0.15) is 37.6 Å². The van der Waals surface area contributed by atoms with Gasteiger partial charge in [0.2, 0.25) is 5.91 Å². The molecule has 0 spiro atoms. The molecule has 2 heterocycles. The van der Waals surface area contributed by atoms with Crippen LogP contribution in [0.5, 0.6) is 0 Å². The summed E-state index contributed by atoms with van der Waals surface area (Å²) in [6.45, 7) is 6.91. The van der Waals surface area contributed by atoms with Crippen molar-refractivity contribution in [2.45, 2.75) is 33.2 Å². The van der Waals surface area contributed by atoms with E-state index < -0.39 is 11.8 Å². The molecule has 0 radical (unpaired) electrons. The van der Waals surface area contributed by atoms with Crippen LogP contribution in [-0.2, 0) is 9.53 Å². The second-order valence-electron chi connectivity index (χ2n) is 7.00. The number of halogens is 1. The van der Waals surface area contributed by atoms with Crippen LogP contribution < -0.4 is 5.32 Å². The van der Waals surface area contributed by atoms with Gasteiger partial charge in [0.25, 0.3) is 0 Å². The summed E-state index contributed by atoms with van der Waals surface area (Å²) >= 11 is 0. The predicted molar refractivity (Wildman–Crippen MR) is 101 cm³/mol. The van der Waals surface area contributed by atoms with Crippen molar-refractivity contribution < 1.29 is 18.7 Å². The summed E-state index contributed by atoms with van der Waals surface area (Å²) in [5.41, 5.74) is 1.35. The minimum Gasteiger partial charge on any atom is -0.462 e. The van der Waals surface area contributed by atoms with Crippen LogP contribution in [-0.4, -0.2) is 47.5 Å². The number of hydrogen-bond acceptors (Lipinski definition) is 5. The molecule has 1 aromatic carbocycles. The number of aromatic nitrogens is 1. The summed E-state index contributed by atoms with van der Waals surface area (Å²) in [7, 11) is 0. The van der Waals surface area contributed by atoms with Crippen LogP contribution in [0.15, 0.2) is 24.4 Å². The smallest absolute Gasteiger partial charge is 0.341 e. The number of ether oxygens (including phenoxy) is 1. The minimum atomic E-state index is -0.508. The fourth-order valence-corrected chi connectivity index (χ4v) is 3.33. The van der Waals surface area contributed by atoms with Crippen LogP contribution in [0.2, 0.25) is 0 Å². The Morgan fingerprint density at radius 1 is 1.41 bits per heavy atom. The minimum absolute atomic E-state index is 0.0326. The first-order valence-corrected chi connectivity index (χ1v) is 9.21. The van der Waals surface area contributed by atoms with E-state index >= 15 is 0 Å². The largest absolute Gasteiger partial charge is 0.462 e. The Kier molecular flexibility index (Phi) is 5.58. The summed E-state index contributed by atoms with van der Waals surface area (Å²) in [5.74, 6) is -0.867. The number of benzene rings is 1. The molecule has 1 N–H and O–H groups in total. The van der Waals surface area contributed by atoms with Gasteiger partial charge in [-0.15, -0.1) is 0 Å². The normalized spacial score (nSPS) is 16.8. The van der Waals surface area contributed by atoms with E-state index in [0.29, 0.717) is 29.7 Å². The zero-order chi connectivity index (χ0) is 19.6. The fraction of sp³-hybridized carbons (Fsp3) is 0.450. The van der Waals surface area contributed by atoms with Gasteiger partial charge in [-0.25, -0.2) is 9.18 Å². The molecule has 2 aromatic rings. The molecule has 1 saturated heterocycles. The lowest BCUT2D eigenvalue weighted by molar-refractivity contribution is -0.133. The number of fused-ring (bicyclic) bond motifs is 1. The van der Waals surface area contributed by atoms with Gasteiger partial charge >= 0.3 is 5.97 Å². The van der Waals surface area contributed by atoms with E-state index in [9.17, 15) is 14.0 Å². The highest BCUT2D eigenvalue weighted by Crippen LogP contribution is 2.29. The van der Waals surface area contributed by atoms with Crippen molar-refractivity contribution >= 4 is 28.5 Å². The first-order chi connectivity index (χ1) is 12.9. The number of pyridine rings is 1. The molecule has 1 unspecified atom stereocenters. The lowest BCUT2D eigenvalue weighted by Gasteiger charge is -2.21. The van der Waals surface area contributed by atoms with E-state index in [1.807, 2.05) is 18.7 Å². The van der Waals surface area contributed by atoms with Gasteiger partial charge in [0.15, 0.2) is 0 Å². The molecule has 7 heteroatoms. The van der Waals surface area contributed by atoms with Crippen molar-refractivity contribution in [1.29, 1.82) is 0 Å². The summed E-state index contributed by atoms with van der Waals surface area (Å²) < 4.78 is 19.0. The standard InChI is InChI=1S/C20H24FN3O3/c1-4-27-20(26)16-10-22-17-6-5-13(21)9-15(17)18(16)23-14-7-8-24(11-14)19(25)12(2)3/h5-6,9-10,12,14H,4,7-8,11H2,1-3H3,(H,22,23). The number of esters is 1. The number of hydrogen-bond donors (Lipinski definition) is 1. The first kappa shape index (κ1) is 19.1. The van der Waals surface area contributed by atoms with Crippen molar-refractivity contribution in [2.75, 3.05) is 25.0 Å². The highest BCUT2D eigenvalue weighted by Gasteiger charge is 2.29. The summed E-state index contributed by atoms with van der Waals surface area (Å²) in [6.07, 6.45) is 2.20. The van der Waals surface area contributed by atoms with Gasteiger partial charge < -0.3 is 15.0 Å². The third-order valence-electron chi connectivity index (χ3n) is 4.67. The highest BCUT2D eigenvalue weighted by atomic mass is 19.1. The Labute approximate surface area is 157 Å². The molecule has 1 amide bonds. The molecule has 0 aliphatic carbocycles. The molecule has 27 heavy (non-hydrogen) atoms. The number of carbonyl (C=O) groups excluding carboxylic acids is 2. The van der Waals surface area contributed by atoms with Crippen molar-refractivity contribution in [1.82, 2.24) is 9.88 Å². The van der Waals surface area contributed by atoms with E-state index in [1.165, 1.54) is 18.3 Å². The topological polar surface area (TPSA) is 71.5 Å². The van der Waals surface area contributed by atoms with Gasteiger partial charge in [-0.05, 0) is 31.5 Å². The summed E-state index contributed by atoms with van der Waals surface area (Å²) in [4.78, 5) is 30.7. The van der Waals surface area contributed by atoms with Gasteiger partial charge in [0, 0.05) is 36.6 Å². The maximum absolute atomic E-state index is 13.8. The maximum Gasteiger partial charge on any atom is 0.341 e. The summed E-state index contributed by atoms with van der Waals surface area (Å²) in [6, 6.07) is 4.24. The lowest BCUT2D eigenvalue weighted by atomic mass is 10.1. The zero-order valence-electron chi connectivity index (χ0n) is 15.8. The Morgan fingerprint density at radius 3 is 2.89 bits per heavy atom. The van der Waals surface area contributed by atoms with Gasteiger partial charge in [0.05, 0.1) is 17.8 Å². The molecule has 1 aliphatic heterocycles.